The van der Waals surface area contributed by atoms with E-state index in [1.54, 1.807) is 23.1 Å². The van der Waals surface area contributed by atoms with Gasteiger partial charge in [-0.3, -0.25) is 4.79 Å². The molecular formula is C19H18N4OS2. The monoisotopic (exact) mass is 382 g/mol. The second-order valence-corrected chi connectivity index (χ2v) is 8.62. The third kappa shape index (κ3) is 3.94. The first-order valence-electron chi connectivity index (χ1n) is 8.39. The highest BCUT2D eigenvalue weighted by molar-refractivity contribution is 8.16. The molecule has 1 aromatic heterocycles. The molecular weight excluding hydrogens is 364 g/mol. The van der Waals surface area contributed by atoms with E-state index in [-0.39, 0.29) is 5.91 Å². The third-order valence-corrected chi connectivity index (χ3v) is 7.07. The number of thioether (sulfide) groups is 2. The topological polar surface area (TPSA) is 59.8 Å². The normalized spacial score (nSPS) is 14.9. The third-order valence-electron chi connectivity index (χ3n) is 4.06. The SMILES string of the molecule is O=C(Nc1cccc(C2SCCCS2)c1)c1ccc(-n2cncn2)cc1. The molecule has 0 radical (unpaired) electrons. The van der Waals surface area contributed by atoms with E-state index in [0.29, 0.717) is 10.1 Å². The fourth-order valence-corrected chi connectivity index (χ4v) is 5.63. The van der Waals surface area contributed by atoms with Gasteiger partial charge >= 0.3 is 0 Å². The van der Waals surface area contributed by atoms with Crippen LogP contribution in [0.1, 0.15) is 26.9 Å². The predicted molar refractivity (Wildman–Crippen MR) is 108 cm³/mol. The lowest BCUT2D eigenvalue weighted by molar-refractivity contribution is 0.102. The molecule has 1 amide bonds. The fourth-order valence-electron chi connectivity index (χ4n) is 2.75. The Bertz CT molecular complexity index is 875. The first-order valence-corrected chi connectivity index (χ1v) is 10.5. The molecule has 4 rings (SSSR count). The maximum absolute atomic E-state index is 12.5. The van der Waals surface area contributed by atoms with Crippen molar-refractivity contribution in [2.75, 3.05) is 16.8 Å². The van der Waals surface area contributed by atoms with Crippen molar-refractivity contribution in [3.05, 3.63) is 72.3 Å². The number of nitrogens with zero attached hydrogens (tertiary/aromatic N) is 3. The van der Waals surface area contributed by atoms with Crippen LogP contribution in [0.5, 0.6) is 0 Å². The average Bonchev–Trinajstić information content (AvgIpc) is 3.24. The standard InChI is InChI=1S/C19H18N4OS2/c24-18(14-5-7-17(8-6-14)23-13-20-12-21-23)22-16-4-1-3-15(11-16)19-25-9-2-10-26-19/h1,3-8,11-13,19H,2,9-10H2,(H,22,24). The van der Waals surface area contributed by atoms with Crippen molar-refractivity contribution in [3.63, 3.8) is 0 Å². The van der Waals surface area contributed by atoms with Gasteiger partial charge < -0.3 is 5.32 Å². The van der Waals surface area contributed by atoms with Gasteiger partial charge in [0.25, 0.3) is 5.91 Å². The van der Waals surface area contributed by atoms with Gasteiger partial charge in [-0.15, -0.1) is 23.5 Å². The summed E-state index contributed by atoms with van der Waals surface area (Å²) < 4.78 is 2.12. The molecule has 7 heteroatoms. The zero-order chi connectivity index (χ0) is 17.8. The number of hydrogen-bond donors (Lipinski definition) is 1. The first-order chi connectivity index (χ1) is 12.8. The molecule has 0 atom stereocenters. The van der Waals surface area contributed by atoms with Crippen LogP contribution in [0.2, 0.25) is 0 Å². The predicted octanol–water partition coefficient (Wildman–Crippen LogP) is 4.39. The van der Waals surface area contributed by atoms with Gasteiger partial charge in [-0.2, -0.15) is 5.10 Å². The largest absolute Gasteiger partial charge is 0.322 e. The van der Waals surface area contributed by atoms with E-state index in [0.717, 1.165) is 11.4 Å². The number of nitrogens with one attached hydrogen (secondary N) is 1. The number of aromatic nitrogens is 3. The van der Waals surface area contributed by atoms with Gasteiger partial charge in [0.1, 0.15) is 12.7 Å². The lowest BCUT2D eigenvalue weighted by Crippen LogP contribution is -2.12. The molecule has 0 unspecified atom stereocenters. The molecule has 1 aliphatic rings. The van der Waals surface area contributed by atoms with Crippen molar-refractivity contribution < 1.29 is 4.79 Å². The van der Waals surface area contributed by atoms with Crippen LogP contribution in [0.15, 0.2) is 61.2 Å². The molecule has 0 bridgehead atoms. The van der Waals surface area contributed by atoms with Gasteiger partial charge in [-0.25, -0.2) is 9.67 Å². The average molecular weight is 383 g/mol. The van der Waals surface area contributed by atoms with Crippen LogP contribution >= 0.6 is 23.5 Å². The Balaban J connectivity index is 1.46. The summed E-state index contributed by atoms with van der Waals surface area (Å²) in [6.45, 7) is 0. The highest BCUT2D eigenvalue weighted by Gasteiger charge is 2.17. The minimum atomic E-state index is -0.115. The summed E-state index contributed by atoms with van der Waals surface area (Å²) in [5, 5.41) is 7.08. The van der Waals surface area contributed by atoms with Crippen molar-refractivity contribution in [2.45, 2.75) is 11.0 Å². The minimum Gasteiger partial charge on any atom is -0.322 e. The summed E-state index contributed by atoms with van der Waals surface area (Å²) in [5.41, 5.74) is 3.58. The van der Waals surface area contributed by atoms with E-state index in [9.17, 15) is 4.79 Å². The Morgan fingerprint density at radius 2 is 1.92 bits per heavy atom. The second-order valence-electron chi connectivity index (χ2n) is 5.89. The summed E-state index contributed by atoms with van der Waals surface area (Å²) in [6.07, 6.45) is 4.38. The summed E-state index contributed by atoms with van der Waals surface area (Å²) in [7, 11) is 0. The van der Waals surface area contributed by atoms with Crippen molar-refractivity contribution in [3.8, 4) is 5.69 Å². The van der Waals surface area contributed by atoms with Gasteiger partial charge in [0.2, 0.25) is 0 Å². The number of carbonyl (C=O) groups excluding carboxylic acids is 1. The number of amides is 1. The summed E-state index contributed by atoms with van der Waals surface area (Å²) >= 11 is 3.95. The molecule has 1 fully saturated rings. The number of hydrogen-bond acceptors (Lipinski definition) is 5. The Labute approximate surface area is 160 Å². The lowest BCUT2D eigenvalue weighted by atomic mass is 10.1. The molecule has 3 aromatic rings. The quantitative estimate of drug-likeness (QED) is 0.725. The summed E-state index contributed by atoms with van der Waals surface area (Å²) in [5.74, 6) is 2.29. The molecule has 1 N–H and O–H groups in total. The number of rotatable bonds is 4. The van der Waals surface area contributed by atoms with Gasteiger partial charge in [0.15, 0.2) is 0 Å². The van der Waals surface area contributed by atoms with Crippen molar-refractivity contribution in [2.24, 2.45) is 0 Å². The van der Waals surface area contributed by atoms with Crippen molar-refractivity contribution >= 4 is 35.1 Å². The maximum atomic E-state index is 12.5. The van der Waals surface area contributed by atoms with Gasteiger partial charge in [-0.05, 0) is 59.9 Å². The van der Waals surface area contributed by atoms with Gasteiger partial charge in [0.05, 0.1) is 10.3 Å². The molecule has 1 aliphatic heterocycles. The highest BCUT2D eigenvalue weighted by atomic mass is 32.2. The van der Waals surface area contributed by atoms with Crippen LogP contribution in [0.4, 0.5) is 5.69 Å². The molecule has 0 aliphatic carbocycles. The Kier molecular flexibility index (Phi) is 5.26. The molecule has 0 spiro atoms. The second kappa shape index (κ2) is 7.97. The number of anilines is 1. The molecule has 1 saturated heterocycles. The fraction of sp³-hybridized carbons (Fsp3) is 0.211. The molecule has 2 heterocycles. The first kappa shape index (κ1) is 17.2. The smallest absolute Gasteiger partial charge is 0.255 e. The molecule has 2 aromatic carbocycles. The minimum absolute atomic E-state index is 0.115. The van der Waals surface area contributed by atoms with Crippen LogP contribution in [0.3, 0.4) is 0 Å². The van der Waals surface area contributed by atoms with E-state index < -0.39 is 0 Å². The maximum Gasteiger partial charge on any atom is 0.255 e. The zero-order valence-electron chi connectivity index (χ0n) is 14.0. The Morgan fingerprint density at radius 3 is 2.65 bits per heavy atom. The summed E-state index contributed by atoms with van der Waals surface area (Å²) in [6, 6.07) is 15.5. The summed E-state index contributed by atoms with van der Waals surface area (Å²) in [4.78, 5) is 16.5. The molecule has 26 heavy (non-hydrogen) atoms. The van der Waals surface area contributed by atoms with Gasteiger partial charge in [-0.1, -0.05) is 12.1 Å². The van der Waals surface area contributed by atoms with E-state index in [1.165, 1.54) is 29.8 Å². The molecule has 5 nitrogen and oxygen atoms in total. The molecule has 0 saturated carbocycles. The van der Waals surface area contributed by atoms with Crippen molar-refractivity contribution in [1.29, 1.82) is 0 Å². The van der Waals surface area contributed by atoms with Crippen LogP contribution in [0, 0.1) is 0 Å². The Morgan fingerprint density at radius 1 is 1.12 bits per heavy atom. The van der Waals surface area contributed by atoms with Gasteiger partial charge in [0, 0.05) is 11.3 Å². The molecule has 132 valence electrons. The van der Waals surface area contributed by atoms with E-state index in [4.69, 9.17) is 0 Å². The van der Waals surface area contributed by atoms with E-state index >= 15 is 0 Å². The van der Waals surface area contributed by atoms with Crippen LogP contribution < -0.4 is 5.32 Å². The Hall–Kier alpha value is -2.25. The van der Waals surface area contributed by atoms with Crippen molar-refractivity contribution in [1.82, 2.24) is 14.8 Å². The highest BCUT2D eigenvalue weighted by Crippen LogP contribution is 2.44. The number of benzene rings is 2. The lowest BCUT2D eigenvalue weighted by Gasteiger charge is -2.21. The van der Waals surface area contributed by atoms with Crippen LogP contribution in [-0.4, -0.2) is 32.2 Å². The number of carbonyl (C=O) groups is 1. The van der Waals surface area contributed by atoms with E-state index in [2.05, 4.69) is 27.5 Å². The van der Waals surface area contributed by atoms with Crippen LogP contribution in [-0.2, 0) is 0 Å². The zero-order valence-corrected chi connectivity index (χ0v) is 15.7. The van der Waals surface area contributed by atoms with Crippen LogP contribution in [0.25, 0.3) is 5.69 Å². The van der Waals surface area contributed by atoms with E-state index in [1.807, 2.05) is 47.8 Å².